The van der Waals surface area contributed by atoms with Gasteiger partial charge in [-0.3, -0.25) is 0 Å². The van der Waals surface area contributed by atoms with Crippen molar-refractivity contribution in [3.8, 4) is 0 Å². The zero-order valence-corrected chi connectivity index (χ0v) is 13.4. The molecule has 0 saturated heterocycles. The van der Waals surface area contributed by atoms with Crippen LogP contribution < -0.4 is 0 Å². The first-order chi connectivity index (χ1) is 9.01. The van der Waals surface area contributed by atoms with Gasteiger partial charge in [0.1, 0.15) is 12.6 Å². The van der Waals surface area contributed by atoms with Crippen LogP contribution in [0.5, 0.6) is 0 Å². The van der Waals surface area contributed by atoms with E-state index in [2.05, 4.69) is 54.3 Å². The highest BCUT2D eigenvalue weighted by Crippen LogP contribution is 2.17. The molecule has 0 spiro atoms. The van der Waals surface area contributed by atoms with Gasteiger partial charge in [0.05, 0.1) is 11.0 Å². The number of rotatable bonds is 6. The molecular formula is C15H24N2OSi. The second-order valence-corrected chi connectivity index (χ2v) is 11.8. The Labute approximate surface area is 116 Å². The van der Waals surface area contributed by atoms with Crippen LogP contribution in [0.4, 0.5) is 0 Å². The molecule has 0 unspecified atom stereocenters. The molecule has 0 saturated carbocycles. The van der Waals surface area contributed by atoms with Crippen LogP contribution in [0, 0.1) is 0 Å². The van der Waals surface area contributed by atoms with Crippen LogP contribution in [-0.2, 0) is 17.9 Å². The van der Waals surface area contributed by atoms with Gasteiger partial charge in [-0.05, 0) is 18.2 Å². The number of benzene rings is 1. The lowest BCUT2D eigenvalue weighted by atomic mass is 10.3. The van der Waals surface area contributed by atoms with E-state index in [-0.39, 0.29) is 0 Å². The van der Waals surface area contributed by atoms with Gasteiger partial charge in [0, 0.05) is 21.1 Å². The molecule has 3 nitrogen and oxygen atoms in total. The summed E-state index contributed by atoms with van der Waals surface area (Å²) in [5.41, 5.74) is 2.24. The third kappa shape index (κ3) is 3.67. The summed E-state index contributed by atoms with van der Waals surface area (Å²) in [6, 6.07) is 9.48. The average molecular weight is 276 g/mol. The molecule has 1 heterocycles. The topological polar surface area (TPSA) is 27.1 Å². The predicted molar refractivity (Wildman–Crippen MR) is 83.2 cm³/mol. The molecule has 0 fully saturated rings. The molecule has 104 valence electrons. The molecule has 2 rings (SSSR count). The van der Waals surface area contributed by atoms with Crippen molar-refractivity contribution in [3.05, 3.63) is 30.1 Å². The van der Waals surface area contributed by atoms with Crippen molar-refractivity contribution in [1.82, 2.24) is 9.55 Å². The average Bonchev–Trinajstić information content (AvgIpc) is 2.71. The van der Waals surface area contributed by atoms with Crippen LogP contribution >= 0.6 is 0 Å². The summed E-state index contributed by atoms with van der Waals surface area (Å²) in [6.45, 7) is 10.7. The molecule has 0 atom stereocenters. The maximum Gasteiger partial charge on any atom is 0.124 e. The maximum absolute atomic E-state index is 5.86. The second-order valence-electron chi connectivity index (χ2n) is 6.15. The van der Waals surface area contributed by atoms with E-state index in [1.54, 1.807) is 0 Å². The zero-order valence-electron chi connectivity index (χ0n) is 12.4. The van der Waals surface area contributed by atoms with Crippen molar-refractivity contribution in [2.75, 3.05) is 6.61 Å². The Morgan fingerprint density at radius 2 is 1.95 bits per heavy atom. The van der Waals surface area contributed by atoms with Gasteiger partial charge in [0.15, 0.2) is 0 Å². The fraction of sp³-hybridized carbons (Fsp3) is 0.533. The lowest BCUT2D eigenvalue weighted by molar-refractivity contribution is 0.0880. The first kappa shape index (κ1) is 14.3. The lowest BCUT2D eigenvalue weighted by Crippen LogP contribution is -2.22. The van der Waals surface area contributed by atoms with Gasteiger partial charge in [-0.2, -0.15) is 0 Å². The fourth-order valence-electron chi connectivity index (χ4n) is 2.07. The first-order valence-electron chi connectivity index (χ1n) is 7.03. The van der Waals surface area contributed by atoms with Crippen molar-refractivity contribution in [3.63, 3.8) is 0 Å². The Morgan fingerprint density at radius 3 is 2.63 bits per heavy atom. The molecule has 0 bridgehead atoms. The first-order valence-corrected chi connectivity index (χ1v) is 10.7. The van der Waals surface area contributed by atoms with Crippen molar-refractivity contribution in [1.29, 1.82) is 0 Å². The van der Waals surface area contributed by atoms with Crippen LogP contribution in [-0.4, -0.2) is 24.2 Å². The van der Waals surface area contributed by atoms with Crippen LogP contribution in [0.1, 0.15) is 12.7 Å². The molecule has 1 aromatic heterocycles. The van der Waals surface area contributed by atoms with Crippen molar-refractivity contribution >= 4 is 19.1 Å². The number of aryl methyl sites for hydroxylation is 1. The van der Waals surface area contributed by atoms with Gasteiger partial charge in [-0.15, -0.1) is 0 Å². The van der Waals surface area contributed by atoms with Gasteiger partial charge in [0.2, 0.25) is 0 Å². The van der Waals surface area contributed by atoms with Crippen molar-refractivity contribution in [2.45, 2.75) is 45.8 Å². The molecule has 0 amide bonds. The third-order valence-electron chi connectivity index (χ3n) is 3.27. The van der Waals surface area contributed by atoms with E-state index in [9.17, 15) is 0 Å². The monoisotopic (exact) mass is 276 g/mol. The van der Waals surface area contributed by atoms with Crippen LogP contribution in [0.15, 0.2) is 24.3 Å². The highest BCUT2D eigenvalue weighted by molar-refractivity contribution is 6.76. The molecular weight excluding hydrogens is 252 g/mol. The number of para-hydroxylation sites is 2. The third-order valence-corrected chi connectivity index (χ3v) is 4.97. The summed E-state index contributed by atoms with van der Waals surface area (Å²) in [5.74, 6) is 1.11. The molecule has 2 aromatic rings. The van der Waals surface area contributed by atoms with E-state index in [0.717, 1.165) is 24.4 Å². The quantitative estimate of drug-likeness (QED) is 0.591. The summed E-state index contributed by atoms with van der Waals surface area (Å²) >= 11 is 0. The molecule has 0 aliphatic heterocycles. The standard InChI is InChI=1S/C15H24N2OSi/c1-5-15-16-13-8-6-7-9-14(13)17(15)12-18-10-11-19(2,3)4/h6-9H,5,10-12H2,1-4H3. The number of aromatic nitrogens is 2. The predicted octanol–water partition coefficient (Wildman–Crippen LogP) is 3.91. The second kappa shape index (κ2) is 5.88. The lowest BCUT2D eigenvalue weighted by Gasteiger charge is -2.16. The van der Waals surface area contributed by atoms with Gasteiger partial charge >= 0.3 is 0 Å². The normalized spacial score (nSPS) is 12.2. The van der Waals surface area contributed by atoms with E-state index in [0.29, 0.717) is 6.73 Å². The summed E-state index contributed by atoms with van der Waals surface area (Å²) in [6.07, 6.45) is 0.937. The number of imidazole rings is 1. The van der Waals surface area contributed by atoms with E-state index in [4.69, 9.17) is 4.74 Å². The molecule has 19 heavy (non-hydrogen) atoms. The summed E-state index contributed by atoms with van der Waals surface area (Å²) in [7, 11) is -1.00. The maximum atomic E-state index is 5.86. The Bertz CT molecular complexity index is 543. The molecule has 1 aromatic carbocycles. The van der Waals surface area contributed by atoms with Gasteiger partial charge in [0.25, 0.3) is 0 Å². The van der Waals surface area contributed by atoms with Gasteiger partial charge < -0.3 is 9.30 Å². The largest absolute Gasteiger partial charge is 0.361 e. The number of nitrogens with zero attached hydrogens (tertiary/aromatic N) is 2. The molecule has 0 N–H and O–H groups in total. The minimum absolute atomic E-state index is 0.619. The highest BCUT2D eigenvalue weighted by Gasteiger charge is 2.13. The summed E-state index contributed by atoms with van der Waals surface area (Å²) in [4.78, 5) is 4.65. The van der Waals surface area contributed by atoms with E-state index in [1.165, 1.54) is 11.6 Å². The highest BCUT2D eigenvalue weighted by atomic mass is 28.3. The van der Waals surface area contributed by atoms with Gasteiger partial charge in [-0.25, -0.2) is 4.98 Å². The Hall–Kier alpha value is -1.13. The Morgan fingerprint density at radius 1 is 1.21 bits per heavy atom. The number of hydrogen-bond donors (Lipinski definition) is 0. The number of fused-ring (bicyclic) bond motifs is 1. The smallest absolute Gasteiger partial charge is 0.124 e. The van der Waals surface area contributed by atoms with E-state index < -0.39 is 8.07 Å². The van der Waals surface area contributed by atoms with Crippen LogP contribution in [0.25, 0.3) is 11.0 Å². The van der Waals surface area contributed by atoms with Crippen LogP contribution in [0.2, 0.25) is 25.7 Å². The minimum Gasteiger partial charge on any atom is -0.361 e. The Balaban J connectivity index is 2.07. The van der Waals surface area contributed by atoms with Crippen molar-refractivity contribution in [2.24, 2.45) is 0 Å². The number of hydrogen-bond acceptors (Lipinski definition) is 2. The Kier molecular flexibility index (Phi) is 4.42. The van der Waals surface area contributed by atoms with E-state index >= 15 is 0 Å². The summed E-state index contributed by atoms with van der Waals surface area (Å²) < 4.78 is 8.06. The number of ether oxygens (including phenoxy) is 1. The van der Waals surface area contributed by atoms with Crippen LogP contribution in [0.3, 0.4) is 0 Å². The van der Waals surface area contributed by atoms with Crippen molar-refractivity contribution < 1.29 is 4.74 Å². The van der Waals surface area contributed by atoms with E-state index in [1.807, 2.05) is 6.07 Å². The summed E-state index contributed by atoms with van der Waals surface area (Å²) in [5, 5.41) is 0. The molecule has 0 aliphatic rings. The SMILES string of the molecule is CCc1nc2ccccc2n1COCC[Si](C)(C)C. The fourth-order valence-corrected chi connectivity index (χ4v) is 2.83. The minimum atomic E-state index is -1.00. The zero-order chi connectivity index (χ0) is 13.9. The molecule has 0 aliphatic carbocycles. The molecule has 4 heteroatoms. The molecule has 0 radical (unpaired) electrons. The van der Waals surface area contributed by atoms with Gasteiger partial charge in [-0.1, -0.05) is 38.7 Å².